The van der Waals surface area contributed by atoms with Gasteiger partial charge in [0.2, 0.25) is 5.95 Å². The Morgan fingerprint density at radius 1 is 1.08 bits per heavy atom. The van der Waals surface area contributed by atoms with Crippen molar-refractivity contribution >= 4 is 23.2 Å². The molecule has 1 unspecified atom stereocenters. The molecule has 3 aliphatic heterocycles. The highest BCUT2D eigenvalue weighted by atomic mass is 19.1. The van der Waals surface area contributed by atoms with Gasteiger partial charge in [0.15, 0.2) is 17.7 Å². The molecule has 0 saturated carbocycles. The number of piperazine rings is 1. The first kappa shape index (κ1) is 31.5. The predicted molar refractivity (Wildman–Crippen MR) is 176 cm³/mol. The lowest BCUT2D eigenvalue weighted by Crippen LogP contribution is -2.56. The van der Waals surface area contributed by atoms with Crippen molar-refractivity contribution in [2.24, 2.45) is 0 Å². The number of aromatic nitrogens is 5. The number of amides is 1. The molecule has 0 radical (unpaired) electrons. The number of hydrogen-bond donors (Lipinski definition) is 2. The van der Waals surface area contributed by atoms with Crippen LogP contribution in [0, 0.1) is 25.2 Å². The van der Waals surface area contributed by atoms with Crippen molar-refractivity contribution < 1.29 is 18.7 Å². The third kappa shape index (κ3) is 6.51. The Hall–Kier alpha value is -5.13. The number of nitriles is 1. The molecular formula is C34H37FN10O3. The van der Waals surface area contributed by atoms with Crippen molar-refractivity contribution in [1.82, 2.24) is 34.9 Å². The number of H-pyrrole nitrogens is 1. The Bertz CT molecular complexity index is 1810. The Morgan fingerprint density at radius 2 is 1.88 bits per heavy atom. The summed E-state index contributed by atoms with van der Waals surface area (Å²) < 4.78 is 26.6. The third-order valence-electron chi connectivity index (χ3n) is 9.37. The molecule has 2 aromatic carbocycles. The summed E-state index contributed by atoms with van der Waals surface area (Å²) >= 11 is 0. The van der Waals surface area contributed by atoms with Gasteiger partial charge in [-0.1, -0.05) is 0 Å². The van der Waals surface area contributed by atoms with Crippen molar-refractivity contribution in [2.45, 2.75) is 38.6 Å². The molecule has 2 N–H and O–H groups in total. The van der Waals surface area contributed by atoms with Crippen molar-refractivity contribution in [3.05, 3.63) is 71.3 Å². The molecule has 0 aliphatic carbocycles. The second-order valence-electron chi connectivity index (χ2n) is 12.4. The summed E-state index contributed by atoms with van der Waals surface area (Å²) in [6.07, 6.45) is -0.548. The molecule has 248 valence electrons. The quantitative estimate of drug-likeness (QED) is 0.287. The summed E-state index contributed by atoms with van der Waals surface area (Å²) in [5.41, 5.74) is 4.69. The molecule has 0 spiro atoms. The molecule has 13 nitrogen and oxygen atoms in total. The van der Waals surface area contributed by atoms with Gasteiger partial charge in [0.05, 0.1) is 31.4 Å². The highest BCUT2D eigenvalue weighted by molar-refractivity contribution is 5.94. The van der Waals surface area contributed by atoms with Gasteiger partial charge < -0.3 is 24.6 Å². The fourth-order valence-corrected chi connectivity index (χ4v) is 6.23. The Labute approximate surface area is 277 Å². The summed E-state index contributed by atoms with van der Waals surface area (Å²) in [6, 6.07) is 15.9. The van der Waals surface area contributed by atoms with E-state index in [0.29, 0.717) is 35.6 Å². The van der Waals surface area contributed by atoms with Gasteiger partial charge in [0, 0.05) is 67.3 Å². The van der Waals surface area contributed by atoms with Crippen LogP contribution in [0.1, 0.15) is 33.7 Å². The van der Waals surface area contributed by atoms with Crippen LogP contribution in [-0.4, -0.2) is 112 Å². The lowest BCUT2D eigenvalue weighted by Gasteiger charge is -2.43. The number of alkyl halides is 1. The molecule has 2 aromatic heterocycles. The molecule has 5 heterocycles. The van der Waals surface area contributed by atoms with Gasteiger partial charge in [0.1, 0.15) is 24.3 Å². The minimum Gasteiger partial charge on any atom is -0.486 e. The average Bonchev–Trinajstić information content (AvgIpc) is 3.42. The van der Waals surface area contributed by atoms with Crippen molar-refractivity contribution in [1.29, 1.82) is 5.26 Å². The second-order valence-corrected chi connectivity index (χ2v) is 12.4. The van der Waals surface area contributed by atoms with Crippen LogP contribution in [0.15, 0.2) is 48.8 Å². The number of piperidine rings is 1. The zero-order valence-corrected chi connectivity index (χ0v) is 26.9. The Morgan fingerprint density at radius 3 is 2.54 bits per heavy atom. The number of benzene rings is 2. The first-order valence-electron chi connectivity index (χ1n) is 16.1. The maximum Gasteiger partial charge on any atom is 0.274 e. The molecule has 7 rings (SSSR count). The molecular weight excluding hydrogens is 615 g/mol. The fraction of sp³-hybridized carbons (Fsp3) is 0.412. The third-order valence-corrected chi connectivity index (χ3v) is 9.37. The highest BCUT2D eigenvalue weighted by Gasteiger charge is 2.35. The summed E-state index contributed by atoms with van der Waals surface area (Å²) in [4.78, 5) is 32.4. The molecule has 3 saturated heterocycles. The van der Waals surface area contributed by atoms with Crippen molar-refractivity contribution in [2.75, 3.05) is 62.7 Å². The minimum absolute atomic E-state index is 0.119. The van der Waals surface area contributed by atoms with Gasteiger partial charge in [-0.3, -0.25) is 14.8 Å². The van der Waals surface area contributed by atoms with Crippen LogP contribution < -0.4 is 15.0 Å². The number of nitrogens with zero attached hydrogens (tertiary/aromatic N) is 8. The van der Waals surface area contributed by atoms with Gasteiger partial charge in [-0.2, -0.15) is 15.3 Å². The number of hydrogen-bond acceptors (Lipinski definition) is 11. The lowest BCUT2D eigenvalue weighted by molar-refractivity contribution is -0.0660. The number of anilines is 3. The van der Waals surface area contributed by atoms with E-state index in [-0.39, 0.29) is 30.2 Å². The number of carbonyl (C=O) groups excluding carboxylic acids is 1. The summed E-state index contributed by atoms with van der Waals surface area (Å²) in [5, 5.41) is 20.0. The number of nitrogens with one attached hydrogen (secondary N) is 2. The number of carbonyl (C=O) groups is 1. The monoisotopic (exact) mass is 652 g/mol. The molecule has 1 amide bonds. The van der Waals surface area contributed by atoms with E-state index in [2.05, 4.69) is 58.5 Å². The first-order chi connectivity index (χ1) is 23.4. The molecule has 4 aromatic rings. The average molecular weight is 653 g/mol. The van der Waals surface area contributed by atoms with E-state index in [1.165, 1.54) is 16.9 Å². The smallest absolute Gasteiger partial charge is 0.274 e. The molecule has 2 atom stereocenters. The van der Waals surface area contributed by atoms with E-state index in [4.69, 9.17) is 9.47 Å². The predicted octanol–water partition coefficient (Wildman–Crippen LogP) is 3.65. The molecule has 3 fully saturated rings. The molecule has 14 heteroatoms. The normalized spacial score (nSPS) is 20.2. The standard InChI is InChI=1S/C34H37FN10O3/c1-21-22(2)41-42-31(21)33(46)45-10-9-30(28(35)17-45)48-29-8-3-23(15-24(29)16-36)32-37-20-38-34(40-32)39-25-4-6-26(7-5-25)43-11-13-44(14-12-43)27-18-47-19-27/h3-8,15,20,27-28,30H,9-14,17-19H2,1-2H3,(H,41,42)(H,37,38,39,40)/t28?,30-/m0/s1. The van der Waals surface area contributed by atoms with E-state index in [1.54, 1.807) is 18.2 Å². The first-order valence-corrected chi connectivity index (χ1v) is 16.1. The van der Waals surface area contributed by atoms with Crippen LogP contribution in [0.3, 0.4) is 0 Å². The van der Waals surface area contributed by atoms with Crippen LogP contribution >= 0.6 is 0 Å². The van der Waals surface area contributed by atoms with Crippen molar-refractivity contribution in [3.8, 4) is 23.2 Å². The number of halogens is 1. The van der Waals surface area contributed by atoms with Gasteiger partial charge >= 0.3 is 0 Å². The number of aryl methyl sites for hydroxylation is 1. The number of likely N-dealkylation sites (tertiary alicyclic amines) is 1. The maximum absolute atomic E-state index is 15.3. The van der Waals surface area contributed by atoms with Crippen LogP contribution in [0.25, 0.3) is 11.4 Å². The second kappa shape index (κ2) is 13.5. The number of aromatic amines is 1. The van der Waals surface area contributed by atoms with Crippen LogP contribution in [-0.2, 0) is 4.74 Å². The highest BCUT2D eigenvalue weighted by Crippen LogP contribution is 2.29. The van der Waals surface area contributed by atoms with E-state index in [0.717, 1.165) is 56.3 Å². The number of rotatable bonds is 8. The summed E-state index contributed by atoms with van der Waals surface area (Å²) in [5.74, 6) is 0.691. The fourth-order valence-electron chi connectivity index (χ4n) is 6.23. The Kier molecular flexibility index (Phi) is 8.88. The van der Waals surface area contributed by atoms with Crippen molar-refractivity contribution in [3.63, 3.8) is 0 Å². The van der Waals surface area contributed by atoms with Gasteiger partial charge in [-0.25, -0.2) is 14.4 Å². The van der Waals surface area contributed by atoms with Gasteiger partial charge in [0.25, 0.3) is 5.91 Å². The SMILES string of the molecule is Cc1[nH]nc(C(=O)N2CC[C@H](Oc3ccc(-c4ncnc(Nc5ccc(N6CCN(C7COC7)CC6)cc5)n4)cc3C#N)C(F)C2)c1C. The van der Waals surface area contributed by atoms with Crippen LogP contribution in [0.2, 0.25) is 0 Å². The van der Waals surface area contributed by atoms with E-state index in [9.17, 15) is 10.1 Å². The summed E-state index contributed by atoms with van der Waals surface area (Å²) in [7, 11) is 0. The van der Waals surface area contributed by atoms with E-state index >= 15 is 4.39 Å². The van der Waals surface area contributed by atoms with Gasteiger partial charge in [-0.05, 0) is 56.3 Å². The maximum atomic E-state index is 15.3. The van der Waals surface area contributed by atoms with E-state index < -0.39 is 12.3 Å². The van der Waals surface area contributed by atoms with Gasteiger partial charge in [-0.15, -0.1) is 0 Å². The van der Waals surface area contributed by atoms with Crippen LogP contribution in [0.5, 0.6) is 5.75 Å². The largest absolute Gasteiger partial charge is 0.486 e. The zero-order valence-electron chi connectivity index (χ0n) is 26.9. The zero-order chi connectivity index (χ0) is 33.2. The van der Waals surface area contributed by atoms with Crippen LogP contribution in [0.4, 0.5) is 21.7 Å². The lowest BCUT2D eigenvalue weighted by atomic mass is 10.0. The topological polar surface area (TPSA) is 148 Å². The number of ether oxygens (including phenoxy) is 2. The molecule has 0 bridgehead atoms. The molecule has 3 aliphatic rings. The summed E-state index contributed by atoms with van der Waals surface area (Å²) in [6.45, 7) is 9.56. The molecule has 48 heavy (non-hydrogen) atoms. The Balaban J connectivity index is 0.965. The minimum atomic E-state index is -1.43. The van der Waals surface area contributed by atoms with E-state index in [1.807, 2.05) is 26.0 Å².